The van der Waals surface area contributed by atoms with Crippen molar-refractivity contribution in [2.45, 2.75) is 167 Å². The van der Waals surface area contributed by atoms with Crippen LogP contribution in [0.4, 0.5) is 0 Å². The summed E-state index contributed by atoms with van der Waals surface area (Å²) in [6.07, 6.45) is 34.1. The number of allylic oxidation sites excluding steroid dienone is 2. The zero-order valence-electron chi connectivity index (χ0n) is 24.6. The first-order valence-electron chi connectivity index (χ1n) is 15.4. The van der Waals surface area contributed by atoms with Gasteiger partial charge in [-0.05, 0) is 38.5 Å². The van der Waals surface area contributed by atoms with Gasteiger partial charge in [0.15, 0.2) is 0 Å². The summed E-state index contributed by atoms with van der Waals surface area (Å²) in [6, 6.07) is 0. The van der Waals surface area contributed by atoms with E-state index in [0.717, 1.165) is 32.1 Å². The second kappa shape index (κ2) is 22.9. The van der Waals surface area contributed by atoms with E-state index in [9.17, 15) is 9.46 Å². The molecule has 0 aromatic carbocycles. The third kappa shape index (κ3) is 17.8. The fourth-order valence-corrected chi connectivity index (χ4v) is 6.58. The number of hydrogen-bond acceptors (Lipinski definition) is 2. The largest absolute Gasteiger partial charge is 0.590 e. The Morgan fingerprint density at radius 1 is 0.571 bits per heavy atom. The first-order valence-corrected chi connectivity index (χ1v) is 16.6. The van der Waals surface area contributed by atoms with E-state index >= 15 is 0 Å². The highest BCUT2D eigenvalue weighted by Gasteiger charge is 2.53. The molecule has 0 aliphatic carbocycles. The van der Waals surface area contributed by atoms with Gasteiger partial charge in [0.25, 0.3) is 5.28 Å². The van der Waals surface area contributed by atoms with Crippen LogP contribution in [0, 0.1) is 0 Å². The average Bonchev–Trinajstić information content (AvgIpc) is 2.80. The Labute approximate surface area is 222 Å². The first-order chi connectivity index (χ1) is 16.8. The first kappa shape index (κ1) is 34.8. The second-order valence-corrected chi connectivity index (χ2v) is 13.2. The van der Waals surface area contributed by atoms with Gasteiger partial charge in [-0.25, -0.2) is 0 Å². The Morgan fingerprint density at radius 3 is 1.29 bits per heavy atom. The molecule has 208 valence electrons. The Bertz CT molecular complexity index is 515. The minimum Gasteiger partial charge on any atom is -0.590 e. The van der Waals surface area contributed by atoms with Crippen LogP contribution in [0.3, 0.4) is 0 Å². The fraction of sp³-hybridized carbons (Fsp3) is 0.935. The minimum atomic E-state index is -2.43. The molecule has 0 saturated heterocycles. The van der Waals surface area contributed by atoms with Gasteiger partial charge in [-0.3, -0.25) is 4.48 Å². The van der Waals surface area contributed by atoms with Crippen molar-refractivity contribution in [1.29, 1.82) is 0 Å². The van der Waals surface area contributed by atoms with E-state index in [-0.39, 0.29) is 0 Å². The number of hydrogen-bond donors (Lipinski definition) is 0. The molecule has 0 aromatic heterocycles. The summed E-state index contributed by atoms with van der Waals surface area (Å²) in [5.41, 5.74) is 0. The maximum Gasteiger partial charge on any atom is 0.376 e. The lowest BCUT2D eigenvalue weighted by atomic mass is 9.99. The van der Waals surface area contributed by atoms with Crippen LogP contribution in [-0.4, -0.2) is 30.9 Å². The standard InChI is InChI=1S/C31H63NO2P/c1-6-8-9-10-11-12-13-14-15-16-17-18-19-20-21-22-23-24-25-26-27-28-30-31(29-7-2,35(33)34)32(3,4)5/h22-23H,6-21,24-30H2,1-5H3/q+1/b23-22-. The lowest BCUT2D eigenvalue weighted by molar-refractivity contribution is -0.910. The van der Waals surface area contributed by atoms with Gasteiger partial charge >= 0.3 is 8.03 Å². The number of nitrogens with zero attached hydrogens (tertiary/aromatic N) is 1. The van der Waals surface area contributed by atoms with Crippen molar-refractivity contribution in [2.75, 3.05) is 21.1 Å². The summed E-state index contributed by atoms with van der Waals surface area (Å²) >= 11 is 0. The lowest BCUT2D eigenvalue weighted by Gasteiger charge is -2.39. The molecule has 0 spiro atoms. The van der Waals surface area contributed by atoms with Crippen molar-refractivity contribution in [1.82, 2.24) is 0 Å². The summed E-state index contributed by atoms with van der Waals surface area (Å²) in [7, 11) is 3.67. The van der Waals surface area contributed by atoms with Crippen molar-refractivity contribution >= 4 is 8.03 Å². The molecule has 0 aliphatic rings. The van der Waals surface area contributed by atoms with Gasteiger partial charge in [0, 0.05) is 12.8 Å². The molecule has 0 rings (SSSR count). The number of quaternary nitrogens is 1. The smallest absolute Gasteiger partial charge is 0.376 e. The number of rotatable bonds is 26. The normalized spacial score (nSPS) is 14.5. The molecular formula is C31H63NO2P+. The van der Waals surface area contributed by atoms with Gasteiger partial charge in [-0.15, -0.1) is 0 Å². The monoisotopic (exact) mass is 512 g/mol. The second-order valence-electron chi connectivity index (χ2n) is 11.8. The van der Waals surface area contributed by atoms with E-state index in [1.807, 2.05) is 21.1 Å². The SMILES string of the molecule is CCCCCCCCCCCCCCCC/C=C\CCCCCCC(CCC)([P+](=O)[O-])[N+](C)(C)C. The third-order valence-corrected chi connectivity index (χ3v) is 9.55. The summed E-state index contributed by atoms with van der Waals surface area (Å²) < 4.78 is 12.6. The maximum atomic E-state index is 12.1. The van der Waals surface area contributed by atoms with Crippen LogP contribution in [0.5, 0.6) is 0 Å². The maximum absolute atomic E-state index is 12.1. The van der Waals surface area contributed by atoms with Crippen molar-refractivity contribution in [2.24, 2.45) is 0 Å². The fourth-order valence-electron chi connectivity index (χ4n) is 5.34. The summed E-state index contributed by atoms with van der Waals surface area (Å²) in [5.74, 6) is 0. The van der Waals surface area contributed by atoms with E-state index in [0.29, 0.717) is 4.48 Å². The van der Waals surface area contributed by atoms with E-state index in [1.54, 1.807) is 0 Å². The van der Waals surface area contributed by atoms with E-state index < -0.39 is 13.3 Å². The van der Waals surface area contributed by atoms with Crippen molar-refractivity contribution in [3.63, 3.8) is 0 Å². The Hall–Kier alpha value is -0.240. The van der Waals surface area contributed by atoms with Gasteiger partial charge in [-0.2, -0.15) is 0 Å². The van der Waals surface area contributed by atoms with Crippen LogP contribution >= 0.6 is 8.03 Å². The Balaban J connectivity index is 3.56. The van der Waals surface area contributed by atoms with Gasteiger partial charge in [0.2, 0.25) is 0 Å². The van der Waals surface area contributed by atoms with Crippen LogP contribution in [0.1, 0.15) is 162 Å². The topological polar surface area (TPSA) is 40.1 Å². The predicted molar refractivity (Wildman–Crippen MR) is 155 cm³/mol. The van der Waals surface area contributed by atoms with Gasteiger partial charge in [0.1, 0.15) is 0 Å². The molecular weight excluding hydrogens is 449 g/mol. The highest BCUT2D eigenvalue weighted by molar-refractivity contribution is 7.38. The van der Waals surface area contributed by atoms with Gasteiger partial charge < -0.3 is 4.89 Å². The van der Waals surface area contributed by atoms with Crippen LogP contribution in [0.25, 0.3) is 0 Å². The molecule has 0 amide bonds. The molecule has 0 aromatic rings. The van der Waals surface area contributed by atoms with Crippen LogP contribution < -0.4 is 4.89 Å². The van der Waals surface area contributed by atoms with Crippen LogP contribution in [0.2, 0.25) is 0 Å². The Morgan fingerprint density at radius 2 is 0.943 bits per heavy atom. The van der Waals surface area contributed by atoms with Gasteiger partial charge in [-0.1, -0.05) is 127 Å². The van der Waals surface area contributed by atoms with E-state index in [1.165, 1.54) is 116 Å². The zero-order valence-corrected chi connectivity index (χ0v) is 25.5. The third-order valence-electron chi connectivity index (χ3n) is 7.83. The lowest BCUT2D eigenvalue weighted by Crippen LogP contribution is -2.55. The molecule has 0 bridgehead atoms. The molecule has 4 heteroatoms. The van der Waals surface area contributed by atoms with Gasteiger partial charge in [0.05, 0.1) is 21.1 Å². The molecule has 2 unspecified atom stereocenters. The Kier molecular flexibility index (Phi) is 22.8. The quantitative estimate of drug-likeness (QED) is 0.0500. The van der Waals surface area contributed by atoms with Crippen LogP contribution in [-0.2, 0) is 4.57 Å². The van der Waals surface area contributed by atoms with Crippen molar-refractivity contribution in [3.8, 4) is 0 Å². The van der Waals surface area contributed by atoms with E-state index in [4.69, 9.17) is 0 Å². The molecule has 0 fully saturated rings. The highest BCUT2D eigenvalue weighted by Crippen LogP contribution is 2.45. The molecule has 0 saturated carbocycles. The van der Waals surface area contributed by atoms with Crippen molar-refractivity contribution < 1.29 is 13.9 Å². The average molecular weight is 513 g/mol. The van der Waals surface area contributed by atoms with E-state index in [2.05, 4.69) is 26.0 Å². The van der Waals surface area contributed by atoms with Crippen LogP contribution in [0.15, 0.2) is 12.2 Å². The predicted octanol–water partition coefficient (Wildman–Crippen LogP) is 10.1. The molecule has 3 nitrogen and oxygen atoms in total. The number of unbranched alkanes of at least 4 members (excludes halogenated alkanes) is 18. The molecule has 0 N–H and O–H groups in total. The summed E-state index contributed by atoms with van der Waals surface area (Å²) in [6.45, 7) is 4.38. The highest BCUT2D eigenvalue weighted by atomic mass is 31.1. The minimum absolute atomic E-state index is 0.515. The zero-order chi connectivity index (χ0) is 26.3. The summed E-state index contributed by atoms with van der Waals surface area (Å²) in [5, 5.41) is -0.600. The molecule has 35 heavy (non-hydrogen) atoms. The molecule has 0 radical (unpaired) electrons. The van der Waals surface area contributed by atoms with Crippen molar-refractivity contribution in [3.05, 3.63) is 12.2 Å². The molecule has 0 heterocycles. The molecule has 2 atom stereocenters. The summed E-state index contributed by atoms with van der Waals surface area (Å²) in [4.78, 5) is 12.1. The molecule has 0 aliphatic heterocycles.